The van der Waals surface area contributed by atoms with Crippen LogP contribution in [0.3, 0.4) is 0 Å². The molecule has 0 aliphatic heterocycles. The van der Waals surface area contributed by atoms with Crippen molar-refractivity contribution in [2.45, 2.75) is 39.2 Å². The van der Waals surface area contributed by atoms with E-state index in [9.17, 15) is 0 Å². The highest BCUT2D eigenvalue weighted by Gasteiger charge is 2.24. The Balaban J connectivity index is 2.19. The molecule has 0 aromatic heterocycles. The lowest BCUT2D eigenvalue weighted by atomic mass is 9.78. The van der Waals surface area contributed by atoms with Gasteiger partial charge in [-0.15, -0.1) is 0 Å². The van der Waals surface area contributed by atoms with Gasteiger partial charge in [-0.3, -0.25) is 0 Å². The molecule has 0 radical (unpaired) electrons. The van der Waals surface area contributed by atoms with Gasteiger partial charge in [0, 0.05) is 11.5 Å². The van der Waals surface area contributed by atoms with Crippen molar-refractivity contribution in [2.24, 2.45) is 11.7 Å². The maximum Gasteiger partial charge on any atom is 0.0351 e. The minimum absolute atomic E-state index is 0.166. The largest absolute Gasteiger partial charge is 0.322 e. The molecule has 0 fully saturated rings. The third-order valence-corrected chi connectivity index (χ3v) is 3.33. The Labute approximate surface area is 98.4 Å². The molecule has 0 aromatic carbocycles. The van der Waals surface area contributed by atoms with Crippen LogP contribution in [0, 0.1) is 5.92 Å². The third-order valence-electron chi connectivity index (χ3n) is 3.33. The summed E-state index contributed by atoms with van der Waals surface area (Å²) in [5.74, 6) is 0.554. The molecule has 0 saturated heterocycles. The molecule has 0 aromatic rings. The van der Waals surface area contributed by atoms with Gasteiger partial charge in [-0.05, 0) is 33.6 Å². The van der Waals surface area contributed by atoms with Crippen LogP contribution < -0.4 is 5.73 Å². The zero-order chi connectivity index (χ0) is 11.8. The summed E-state index contributed by atoms with van der Waals surface area (Å²) in [6.07, 6.45) is 13.2. The number of nitrogens with two attached hydrogens (primary N) is 1. The fourth-order valence-electron chi connectivity index (χ4n) is 2.66. The molecule has 2 atom stereocenters. The van der Waals surface area contributed by atoms with Gasteiger partial charge in [0.2, 0.25) is 0 Å². The first-order valence-electron chi connectivity index (χ1n) is 5.99. The van der Waals surface area contributed by atoms with Gasteiger partial charge in [0.15, 0.2) is 0 Å². The number of allylic oxidation sites excluding steroid dienone is 6. The van der Waals surface area contributed by atoms with Gasteiger partial charge in [0.25, 0.3) is 0 Å². The quantitative estimate of drug-likeness (QED) is 0.711. The molecule has 2 N–H and O–H groups in total. The smallest absolute Gasteiger partial charge is 0.0351 e. The van der Waals surface area contributed by atoms with Crippen LogP contribution in [0.4, 0.5) is 0 Å². The van der Waals surface area contributed by atoms with Crippen molar-refractivity contribution in [3.05, 3.63) is 47.1 Å². The van der Waals surface area contributed by atoms with Crippen molar-refractivity contribution in [1.29, 1.82) is 0 Å². The van der Waals surface area contributed by atoms with E-state index in [1.54, 1.807) is 0 Å². The minimum atomic E-state index is -0.166. The van der Waals surface area contributed by atoms with Crippen LogP contribution >= 0.6 is 0 Å². The average Bonchev–Trinajstić information content (AvgIpc) is 2.14. The summed E-state index contributed by atoms with van der Waals surface area (Å²) in [5, 5.41) is 0. The van der Waals surface area contributed by atoms with E-state index in [4.69, 9.17) is 5.73 Å². The topological polar surface area (TPSA) is 26.0 Å². The highest BCUT2D eigenvalue weighted by Crippen LogP contribution is 2.33. The van der Waals surface area contributed by atoms with E-state index < -0.39 is 0 Å². The molecule has 2 aliphatic rings. The molecular formula is C15H21N. The van der Waals surface area contributed by atoms with Crippen molar-refractivity contribution < 1.29 is 0 Å². The molecule has 0 saturated carbocycles. The van der Waals surface area contributed by atoms with Crippen molar-refractivity contribution >= 4 is 0 Å². The molecule has 16 heavy (non-hydrogen) atoms. The Morgan fingerprint density at radius 2 is 2.12 bits per heavy atom. The molecule has 0 bridgehead atoms. The van der Waals surface area contributed by atoms with Gasteiger partial charge in [0.05, 0.1) is 0 Å². The first kappa shape index (κ1) is 11.4. The Bertz CT molecular complexity index is 405. The normalized spacial score (nSPS) is 34.2. The SMILES string of the molecule is CC1=CC(C2=CC=CC(C)(N)C2)CC(C)=C1. The second-order valence-electron chi connectivity index (χ2n) is 5.50. The van der Waals surface area contributed by atoms with Gasteiger partial charge in [-0.2, -0.15) is 0 Å². The maximum atomic E-state index is 6.18. The van der Waals surface area contributed by atoms with Crippen LogP contribution in [0.1, 0.15) is 33.6 Å². The lowest BCUT2D eigenvalue weighted by Crippen LogP contribution is -2.36. The molecular weight excluding hydrogens is 194 g/mol. The van der Waals surface area contributed by atoms with E-state index in [2.05, 4.69) is 51.2 Å². The van der Waals surface area contributed by atoms with Crippen molar-refractivity contribution in [2.75, 3.05) is 0 Å². The van der Waals surface area contributed by atoms with Gasteiger partial charge in [-0.25, -0.2) is 0 Å². The Kier molecular flexibility index (Phi) is 2.90. The zero-order valence-electron chi connectivity index (χ0n) is 10.5. The lowest BCUT2D eigenvalue weighted by Gasteiger charge is -2.30. The number of hydrogen-bond acceptors (Lipinski definition) is 1. The Morgan fingerprint density at radius 3 is 2.75 bits per heavy atom. The van der Waals surface area contributed by atoms with Crippen molar-refractivity contribution in [3.8, 4) is 0 Å². The van der Waals surface area contributed by atoms with Gasteiger partial charge in [0.1, 0.15) is 0 Å². The second-order valence-corrected chi connectivity index (χ2v) is 5.50. The monoisotopic (exact) mass is 215 g/mol. The van der Waals surface area contributed by atoms with Crippen LogP contribution in [0.5, 0.6) is 0 Å². The summed E-state index contributed by atoms with van der Waals surface area (Å²) in [6.45, 7) is 6.49. The highest BCUT2D eigenvalue weighted by atomic mass is 14.7. The van der Waals surface area contributed by atoms with Crippen LogP contribution in [-0.4, -0.2) is 5.54 Å². The summed E-state index contributed by atoms with van der Waals surface area (Å²) >= 11 is 0. The average molecular weight is 215 g/mol. The Morgan fingerprint density at radius 1 is 1.38 bits per heavy atom. The van der Waals surface area contributed by atoms with E-state index >= 15 is 0 Å². The fraction of sp³-hybridized carbons (Fsp3) is 0.467. The summed E-state index contributed by atoms with van der Waals surface area (Å²) in [7, 11) is 0. The lowest BCUT2D eigenvalue weighted by molar-refractivity contribution is 0.533. The van der Waals surface area contributed by atoms with Crippen LogP contribution in [0.2, 0.25) is 0 Å². The van der Waals surface area contributed by atoms with Crippen molar-refractivity contribution in [3.63, 3.8) is 0 Å². The maximum absolute atomic E-state index is 6.18. The molecule has 2 aliphatic carbocycles. The fourth-order valence-corrected chi connectivity index (χ4v) is 2.66. The first-order valence-corrected chi connectivity index (χ1v) is 5.99. The molecule has 1 heteroatoms. The minimum Gasteiger partial charge on any atom is -0.322 e. The molecule has 86 valence electrons. The van der Waals surface area contributed by atoms with E-state index in [1.165, 1.54) is 16.7 Å². The van der Waals surface area contributed by atoms with Gasteiger partial charge < -0.3 is 5.73 Å². The molecule has 0 amide bonds. The third kappa shape index (κ3) is 2.53. The predicted molar refractivity (Wildman–Crippen MR) is 70.1 cm³/mol. The molecule has 0 spiro atoms. The van der Waals surface area contributed by atoms with Crippen LogP contribution in [0.25, 0.3) is 0 Å². The summed E-state index contributed by atoms with van der Waals surface area (Å²) < 4.78 is 0. The number of rotatable bonds is 1. The standard InChI is InChI=1S/C15H21N/c1-11-7-12(2)9-14(8-11)13-5-4-6-15(3,16)10-13/h4-8,14H,9-10,16H2,1-3H3. The van der Waals surface area contributed by atoms with E-state index in [0.29, 0.717) is 5.92 Å². The summed E-state index contributed by atoms with van der Waals surface area (Å²) in [6, 6.07) is 0. The molecule has 0 heterocycles. The number of hydrogen-bond donors (Lipinski definition) is 1. The molecule has 2 unspecified atom stereocenters. The second kappa shape index (κ2) is 4.06. The van der Waals surface area contributed by atoms with E-state index in [-0.39, 0.29) is 5.54 Å². The van der Waals surface area contributed by atoms with E-state index in [0.717, 1.165) is 12.8 Å². The van der Waals surface area contributed by atoms with Crippen molar-refractivity contribution in [1.82, 2.24) is 0 Å². The zero-order valence-corrected chi connectivity index (χ0v) is 10.5. The Hall–Kier alpha value is -1.08. The van der Waals surface area contributed by atoms with E-state index in [1.807, 2.05) is 0 Å². The predicted octanol–water partition coefficient (Wildman–Crippen LogP) is 3.50. The summed E-state index contributed by atoms with van der Waals surface area (Å²) in [4.78, 5) is 0. The van der Waals surface area contributed by atoms with Gasteiger partial charge >= 0.3 is 0 Å². The molecule has 1 nitrogen and oxygen atoms in total. The first-order chi connectivity index (χ1) is 7.46. The van der Waals surface area contributed by atoms with Crippen LogP contribution in [0.15, 0.2) is 47.1 Å². The molecule has 2 rings (SSSR count). The van der Waals surface area contributed by atoms with Gasteiger partial charge in [-0.1, -0.05) is 47.1 Å². The van der Waals surface area contributed by atoms with Crippen LogP contribution in [-0.2, 0) is 0 Å². The summed E-state index contributed by atoms with van der Waals surface area (Å²) in [5.41, 5.74) is 10.3. The highest BCUT2D eigenvalue weighted by molar-refractivity contribution is 5.36.